The van der Waals surface area contributed by atoms with Gasteiger partial charge >= 0.3 is 0 Å². The predicted octanol–water partition coefficient (Wildman–Crippen LogP) is 5.63. The van der Waals surface area contributed by atoms with Crippen molar-refractivity contribution in [1.82, 2.24) is 14.7 Å². The summed E-state index contributed by atoms with van der Waals surface area (Å²) in [6, 6.07) is 16.6. The van der Waals surface area contributed by atoms with Crippen LogP contribution in [0.5, 0.6) is 17.2 Å². The van der Waals surface area contributed by atoms with Crippen molar-refractivity contribution in [3.63, 3.8) is 0 Å². The Kier molecular flexibility index (Phi) is 9.60. The molecule has 0 saturated heterocycles. The van der Waals surface area contributed by atoms with E-state index in [9.17, 15) is 13.2 Å². The van der Waals surface area contributed by atoms with E-state index in [1.807, 2.05) is 6.92 Å². The fraction of sp³-hybridized carbons (Fsp3) is 0.258. The van der Waals surface area contributed by atoms with Crippen LogP contribution in [0.15, 0.2) is 71.8 Å². The number of nitrogens with zero attached hydrogens (tertiary/aromatic N) is 2. The minimum Gasteiger partial charge on any atom is -0.493 e. The van der Waals surface area contributed by atoms with E-state index in [0.717, 1.165) is 5.56 Å². The molecule has 1 amide bonds. The molecular weight excluding hydrogens is 584 g/mol. The lowest BCUT2D eigenvalue weighted by Crippen LogP contribution is -2.40. The van der Waals surface area contributed by atoms with Crippen LogP contribution in [0.25, 0.3) is 0 Å². The Hall–Kier alpha value is -4.88. The normalized spacial score (nSPS) is 11.4. The summed E-state index contributed by atoms with van der Waals surface area (Å²) in [7, 11) is 0.803. The first-order valence-corrected chi connectivity index (χ1v) is 15.0. The van der Waals surface area contributed by atoms with Gasteiger partial charge in [-0.25, -0.2) is 18.1 Å². The predicted molar refractivity (Wildman–Crippen MR) is 170 cm³/mol. The number of hydrogen-bond acceptors (Lipinski definition) is 10. The van der Waals surface area contributed by atoms with E-state index in [1.54, 1.807) is 81.6 Å². The molecule has 44 heavy (non-hydrogen) atoms. The Morgan fingerprint density at radius 1 is 0.818 bits per heavy atom. The van der Waals surface area contributed by atoms with Gasteiger partial charge < -0.3 is 30.2 Å². The van der Waals surface area contributed by atoms with Crippen LogP contribution >= 0.6 is 0 Å². The van der Waals surface area contributed by atoms with Crippen LogP contribution in [0.1, 0.15) is 36.7 Å². The highest BCUT2D eigenvalue weighted by atomic mass is 32.2. The molecule has 0 aliphatic rings. The van der Waals surface area contributed by atoms with E-state index in [4.69, 9.17) is 14.2 Å². The summed E-state index contributed by atoms with van der Waals surface area (Å²) in [6.45, 7) is 7.19. The van der Waals surface area contributed by atoms with Crippen molar-refractivity contribution >= 4 is 44.8 Å². The van der Waals surface area contributed by atoms with Gasteiger partial charge in [-0.15, -0.1) is 0 Å². The average molecular weight is 621 g/mol. The number of nitrogens with one attached hydrogen (secondary N) is 4. The topological polar surface area (TPSA) is 153 Å². The van der Waals surface area contributed by atoms with E-state index in [1.165, 1.54) is 27.4 Å². The number of anilines is 5. The minimum atomic E-state index is -3.71. The molecule has 0 radical (unpaired) electrons. The van der Waals surface area contributed by atoms with Crippen LogP contribution in [0.3, 0.4) is 0 Å². The van der Waals surface area contributed by atoms with Crippen LogP contribution < -0.4 is 34.9 Å². The Balaban J connectivity index is 1.46. The first-order valence-electron chi connectivity index (χ1n) is 13.5. The van der Waals surface area contributed by atoms with E-state index in [2.05, 4.69) is 30.6 Å². The van der Waals surface area contributed by atoms with Gasteiger partial charge in [0.2, 0.25) is 21.7 Å². The number of hydrogen-bond donors (Lipinski definition) is 4. The zero-order valence-electron chi connectivity index (χ0n) is 25.6. The van der Waals surface area contributed by atoms with Gasteiger partial charge in [0, 0.05) is 52.1 Å². The standard InChI is InChI=1S/C31H36N6O6S/c1-19-18-32-30(36-28(19)33-22-9-8-10-24(15-22)44(39,40)37-31(2,3)4)35-21-13-11-20(12-14-21)29(38)34-23-16-25(41-5)27(43-7)26(17-23)42-6/h8-18,37H,1-7H3,(H,34,38)(H2,32,33,35,36). The fourth-order valence-corrected chi connectivity index (χ4v) is 5.62. The van der Waals surface area contributed by atoms with E-state index < -0.39 is 15.6 Å². The van der Waals surface area contributed by atoms with Gasteiger partial charge in [0.25, 0.3) is 5.91 Å². The Morgan fingerprint density at radius 3 is 2.07 bits per heavy atom. The average Bonchev–Trinajstić information content (AvgIpc) is 2.97. The molecule has 0 bridgehead atoms. The molecular formula is C31H36N6O6S. The van der Waals surface area contributed by atoms with Crippen molar-refractivity contribution < 1.29 is 27.4 Å². The first kappa shape index (κ1) is 32.0. The molecule has 4 rings (SSSR count). The van der Waals surface area contributed by atoms with Crippen molar-refractivity contribution in [2.24, 2.45) is 0 Å². The third kappa shape index (κ3) is 7.94. The molecule has 3 aromatic carbocycles. The zero-order chi connectivity index (χ0) is 32.1. The molecule has 0 unspecified atom stereocenters. The summed E-state index contributed by atoms with van der Waals surface area (Å²) in [5.41, 5.74) is 2.26. The molecule has 0 saturated carbocycles. The van der Waals surface area contributed by atoms with Crippen molar-refractivity contribution in [1.29, 1.82) is 0 Å². The van der Waals surface area contributed by atoms with Crippen LogP contribution in [-0.4, -0.2) is 51.2 Å². The van der Waals surface area contributed by atoms with Crippen LogP contribution in [-0.2, 0) is 10.0 Å². The monoisotopic (exact) mass is 620 g/mol. The van der Waals surface area contributed by atoms with Crippen molar-refractivity contribution in [2.45, 2.75) is 38.1 Å². The maximum absolute atomic E-state index is 12.9. The molecule has 0 atom stereocenters. The van der Waals surface area contributed by atoms with Gasteiger partial charge in [-0.05, 0) is 70.2 Å². The third-order valence-electron chi connectivity index (χ3n) is 6.15. The number of rotatable bonds is 11. The summed E-state index contributed by atoms with van der Waals surface area (Å²) in [5.74, 6) is 1.75. The summed E-state index contributed by atoms with van der Waals surface area (Å²) >= 11 is 0. The first-order chi connectivity index (χ1) is 20.8. The molecule has 4 aromatic rings. The van der Waals surface area contributed by atoms with Crippen molar-refractivity contribution in [3.05, 3.63) is 78.0 Å². The molecule has 13 heteroatoms. The van der Waals surface area contributed by atoms with Crippen LogP contribution in [0.4, 0.5) is 28.8 Å². The minimum absolute atomic E-state index is 0.136. The van der Waals surface area contributed by atoms with Crippen LogP contribution in [0, 0.1) is 6.92 Å². The number of methoxy groups -OCH3 is 3. The third-order valence-corrected chi connectivity index (χ3v) is 7.90. The Bertz CT molecular complexity index is 1730. The maximum Gasteiger partial charge on any atom is 0.255 e. The second kappa shape index (κ2) is 13.2. The van der Waals surface area contributed by atoms with E-state index in [-0.39, 0.29) is 10.8 Å². The Labute approximate surface area is 257 Å². The summed E-state index contributed by atoms with van der Waals surface area (Å²) < 4.78 is 44.3. The largest absolute Gasteiger partial charge is 0.493 e. The van der Waals surface area contributed by atoms with Gasteiger partial charge in [-0.3, -0.25) is 4.79 Å². The number of carbonyl (C=O) groups is 1. The SMILES string of the molecule is COc1cc(NC(=O)c2ccc(Nc3ncc(C)c(Nc4cccc(S(=O)(=O)NC(C)(C)C)c4)n3)cc2)cc(OC)c1OC. The quantitative estimate of drug-likeness (QED) is 0.166. The Morgan fingerprint density at radius 2 is 1.48 bits per heavy atom. The molecule has 1 aromatic heterocycles. The lowest BCUT2D eigenvalue weighted by atomic mass is 10.1. The van der Waals surface area contributed by atoms with Crippen molar-refractivity contribution in [3.8, 4) is 17.2 Å². The molecule has 12 nitrogen and oxygen atoms in total. The number of amides is 1. The summed E-state index contributed by atoms with van der Waals surface area (Å²) in [4.78, 5) is 22.0. The number of carbonyl (C=O) groups excluding carboxylic acids is 1. The summed E-state index contributed by atoms with van der Waals surface area (Å²) in [5, 5.41) is 9.15. The van der Waals surface area contributed by atoms with Crippen molar-refractivity contribution in [2.75, 3.05) is 37.3 Å². The second-order valence-electron chi connectivity index (χ2n) is 10.8. The number of benzene rings is 3. The molecule has 232 valence electrons. The lowest BCUT2D eigenvalue weighted by Gasteiger charge is -2.20. The smallest absolute Gasteiger partial charge is 0.255 e. The highest BCUT2D eigenvalue weighted by Crippen LogP contribution is 2.40. The van der Waals surface area contributed by atoms with E-state index >= 15 is 0 Å². The highest BCUT2D eigenvalue weighted by Gasteiger charge is 2.22. The highest BCUT2D eigenvalue weighted by molar-refractivity contribution is 7.89. The number of sulfonamides is 1. The molecule has 0 fully saturated rings. The van der Waals surface area contributed by atoms with Gasteiger partial charge in [0.15, 0.2) is 11.5 Å². The van der Waals surface area contributed by atoms with Gasteiger partial charge in [0.05, 0.1) is 26.2 Å². The number of ether oxygens (including phenoxy) is 3. The van der Waals surface area contributed by atoms with Gasteiger partial charge in [0.1, 0.15) is 5.82 Å². The van der Waals surface area contributed by atoms with Crippen LogP contribution in [0.2, 0.25) is 0 Å². The zero-order valence-corrected chi connectivity index (χ0v) is 26.4. The summed E-state index contributed by atoms with van der Waals surface area (Å²) in [6.07, 6.45) is 1.65. The maximum atomic E-state index is 12.9. The fourth-order valence-electron chi connectivity index (χ4n) is 4.16. The molecule has 0 aliphatic heterocycles. The number of aryl methyl sites for hydroxylation is 1. The second-order valence-corrected chi connectivity index (χ2v) is 12.5. The van der Waals surface area contributed by atoms with Gasteiger partial charge in [-0.2, -0.15) is 4.98 Å². The molecule has 0 aliphatic carbocycles. The molecule has 1 heterocycles. The lowest BCUT2D eigenvalue weighted by molar-refractivity contribution is 0.102. The number of aromatic nitrogens is 2. The van der Waals surface area contributed by atoms with E-state index in [0.29, 0.717) is 51.6 Å². The molecule has 4 N–H and O–H groups in total. The van der Waals surface area contributed by atoms with Gasteiger partial charge in [-0.1, -0.05) is 6.07 Å². The molecule has 0 spiro atoms.